The lowest BCUT2D eigenvalue weighted by atomic mass is 9.83. The van der Waals surface area contributed by atoms with Crippen molar-refractivity contribution in [2.45, 2.75) is 18.1 Å². The monoisotopic (exact) mass is 355 g/mol. The normalized spacial score (nSPS) is 28.7. The highest BCUT2D eigenvalue weighted by Gasteiger charge is 2.55. The number of hydrogen-bond donors (Lipinski definition) is 0. The Morgan fingerprint density at radius 3 is 2.83 bits per heavy atom. The standard InChI is InChI=1S/C15H25N5O3S/c1-17-12-16-5-13(17)6-18-9-15(10-18)11-19(24(2,21)22)7-14-8-23-4-3-20(14)15/h5,12,14H,3-4,6-11H2,1-2H3. The minimum Gasteiger partial charge on any atom is -0.378 e. The highest BCUT2D eigenvalue weighted by molar-refractivity contribution is 7.88. The number of rotatable bonds is 3. The van der Waals surface area contributed by atoms with Gasteiger partial charge in [0.1, 0.15) is 0 Å². The van der Waals surface area contributed by atoms with Crippen molar-refractivity contribution in [1.29, 1.82) is 0 Å². The smallest absolute Gasteiger partial charge is 0.211 e. The number of fused-ring (bicyclic) bond motifs is 2. The Bertz CT molecular complexity index is 712. The molecule has 1 aromatic rings. The van der Waals surface area contributed by atoms with E-state index in [1.807, 2.05) is 24.1 Å². The van der Waals surface area contributed by atoms with Gasteiger partial charge in [-0.3, -0.25) is 9.80 Å². The molecule has 0 N–H and O–H groups in total. The summed E-state index contributed by atoms with van der Waals surface area (Å²) < 4.78 is 33.5. The Morgan fingerprint density at radius 2 is 2.17 bits per heavy atom. The van der Waals surface area contributed by atoms with E-state index in [4.69, 9.17) is 4.74 Å². The molecular formula is C15H25N5O3S. The van der Waals surface area contributed by atoms with Crippen molar-refractivity contribution in [1.82, 2.24) is 23.7 Å². The van der Waals surface area contributed by atoms with E-state index >= 15 is 0 Å². The minimum atomic E-state index is -3.18. The summed E-state index contributed by atoms with van der Waals surface area (Å²) in [5, 5.41) is 0. The van der Waals surface area contributed by atoms with Crippen LogP contribution in [0.5, 0.6) is 0 Å². The quantitative estimate of drug-likeness (QED) is 0.689. The molecule has 0 amide bonds. The van der Waals surface area contributed by atoms with Gasteiger partial charge in [0.15, 0.2) is 0 Å². The summed E-state index contributed by atoms with van der Waals surface area (Å²) in [6.45, 7) is 6.01. The van der Waals surface area contributed by atoms with Crippen molar-refractivity contribution in [3.63, 3.8) is 0 Å². The fourth-order valence-corrected chi connectivity index (χ4v) is 5.27. The number of sulfonamides is 1. The molecule has 24 heavy (non-hydrogen) atoms. The van der Waals surface area contributed by atoms with Crippen LogP contribution in [0, 0.1) is 0 Å². The first-order chi connectivity index (χ1) is 11.4. The number of morpholine rings is 1. The second-order valence-corrected chi connectivity index (χ2v) is 9.33. The maximum absolute atomic E-state index is 12.1. The summed E-state index contributed by atoms with van der Waals surface area (Å²) in [5.74, 6) is 0. The Hall–Kier alpha value is -1.00. The summed E-state index contributed by atoms with van der Waals surface area (Å²) in [6, 6.07) is 0.168. The van der Waals surface area contributed by atoms with Crippen LogP contribution < -0.4 is 0 Å². The van der Waals surface area contributed by atoms with Crippen LogP contribution in [-0.4, -0.2) is 95.8 Å². The summed E-state index contributed by atoms with van der Waals surface area (Å²) in [5.41, 5.74) is 1.10. The van der Waals surface area contributed by atoms with E-state index in [1.54, 1.807) is 4.31 Å². The molecule has 4 heterocycles. The lowest BCUT2D eigenvalue weighted by Gasteiger charge is -2.63. The molecule has 0 saturated carbocycles. The number of piperazine rings is 1. The van der Waals surface area contributed by atoms with Crippen LogP contribution in [0.15, 0.2) is 12.5 Å². The predicted molar refractivity (Wildman–Crippen MR) is 88.9 cm³/mol. The highest BCUT2D eigenvalue weighted by Crippen LogP contribution is 2.36. The number of hydrogen-bond acceptors (Lipinski definition) is 6. The average molecular weight is 355 g/mol. The van der Waals surface area contributed by atoms with Crippen molar-refractivity contribution in [3.8, 4) is 0 Å². The van der Waals surface area contributed by atoms with Gasteiger partial charge >= 0.3 is 0 Å². The van der Waals surface area contributed by atoms with E-state index < -0.39 is 10.0 Å². The van der Waals surface area contributed by atoms with Crippen molar-refractivity contribution in [2.24, 2.45) is 7.05 Å². The number of likely N-dealkylation sites (tertiary alicyclic amines) is 1. The van der Waals surface area contributed by atoms with Gasteiger partial charge in [0.25, 0.3) is 0 Å². The molecule has 0 radical (unpaired) electrons. The van der Waals surface area contributed by atoms with E-state index in [0.29, 0.717) is 19.7 Å². The van der Waals surface area contributed by atoms with Crippen LogP contribution in [0.4, 0.5) is 0 Å². The molecule has 0 aliphatic carbocycles. The fraction of sp³-hybridized carbons (Fsp3) is 0.800. The minimum absolute atomic E-state index is 0.0750. The summed E-state index contributed by atoms with van der Waals surface area (Å²) in [7, 11) is -1.18. The number of nitrogens with zero attached hydrogens (tertiary/aromatic N) is 5. The zero-order valence-corrected chi connectivity index (χ0v) is 15.1. The van der Waals surface area contributed by atoms with Gasteiger partial charge < -0.3 is 9.30 Å². The molecule has 1 spiro atoms. The zero-order valence-electron chi connectivity index (χ0n) is 14.3. The molecule has 3 aliphatic heterocycles. The van der Waals surface area contributed by atoms with Gasteiger partial charge in [0, 0.05) is 58.6 Å². The van der Waals surface area contributed by atoms with E-state index in [0.717, 1.165) is 32.8 Å². The lowest BCUT2D eigenvalue weighted by Crippen LogP contribution is -2.80. The van der Waals surface area contributed by atoms with Crippen LogP contribution in [-0.2, 0) is 28.4 Å². The van der Waals surface area contributed by atoms with Crippen molar-refractivity contribution >= 4 is 10.0 Å². The topological polar surface area (TPSA) is 70.9 Å². The Kier molecular flexibility index (Phi) is 3.96. The van der Waals surface area contributed by atoms with E-state index in [2.05, 4.69) is 14.8 Å². The van der Waals surface area contributed by atoms with E-state index in [1.165, 1.54) is 11.9 Å². The van der Waals surface area contributed by atoms with Crippen LogP contribution in [0.3, 0.4) is 0 Å². The van der Waals surface area contributed by atoms with Crippen LogP contribution in [0.1, 0.15) is 5.69 Å². The molecule has 3 fully saturated rings. The second kappa shape index (κ2) is 5.77. The fourth-order valence-electron chi connectivity index (χ4n) is 4.35. The number of imidazole rings is 1. The molecule has 1 unspecified atom stereocenters. The maximum atomic E-state index is 12.1. The first-order valence-corrected chi connectivity index (χ1v) is 10.2. The molecule has 1 atom stereocenters. The Labute approximate surface area is 143 Å². The van der Waals surface area contributed by atoms with Gasteiger partial charge in [-0.1, -0.05) is 0 Å². The lowest BCUT2D eigenvalue weighted by molar-refractivity contribution is -0.155. The number of ether oxygens (including phenoxy) is 1. The third-order valence-corrected chi connectivity index (χ3v) is 6.75. The van der Waals surface area contributed by atoms with Crippen LogP contribution in [0.25, 0.3) is 0 Å². The summed E-state index contributed by atoms with van der Waals surface area (Å²) in [4.78, 5) is 9.04. The first kappa shape index (κ1) is 16.5. The van der Waals surface area contributed by atoms with E-state index in [-0.39, 0.29) is 11.6 Å². The van der Waals surface area contributed by atoms with Gasteiger partial charge in [0.05, 0.1) is 37.0 Å². The molecule has 0 aromatic carbocycles. The average Bonchev–Trinajstić information content (AvgIpc) is 2.90. The van der Waals surface area contributed by atoms with Crippen molar-refractivity contribution in [3.05, 3.63) is 18.2 Å². The zero-order chi connectivity index (χ0) is 16.9. The molecular weight excluding hydrogens is 330 g/mol. The third-order valence-electron chi connectivity index (χ3n) is 5.53. The summed E-state index contributed by atoms with van der Waals surface area (Å²) >= 11 is 0. The molecule has 0 bridgehead atoms. The van der Waals surface area contributed by atoms with E-state index in [9.17, 15) is 8.42 Å². The van der Waals surface area contributed by atoms with Gasteiger partial charge in [-0.2, -0.15) is 4.31 Å². The molecule has 3 saturated heterocycles. The van der Waals surface area contributed by atoms with Crippen molar-refractivity contribution in [2.75, 3.05) is 52.2 Å². The maximum Gasteiger partial charge on any atom is 0.211 e. The molecule has 9 heteroatoms. The van der Waals surface area contributed by atoms with Gasteiger partial charge in [0.2, 0.25) is 10.0 Å². The largest absolute Gasteiger partial charge is 0.378 e. The number of aromatic nitrogens is 2. The van der Waals surface area contributed by atoms with Gasteiger partial charge in [-0.15, -0.1) is 0 Å². The van der Waals surface area contributed by atoms with Crippen LogP contribution in [0.2, 0.25) is 0 Å². The molecule has 4 rings (SSSR count). The third kappa shape index (κ3) is 2.78. The molecule has 134 valence electrons. The second-order valence-electron chi connectivity index (χ2n) is 7.34. The molecule has 1 aromatic heterocycles. The molecule has 8 nitrogen and oxygen atoms in total. The Balaban J connectivity index is 1.51. The Morgan fingerprint density at radius 1 is 1.38 bits per heavy atom. The SMILES string of the molecule is Cn1cncc1CN1CC2(C1)CN(S(C)(=O)=O)CC1COCCN12. The predicted octanol–water partition coefficient (Wildman–Crippen LogP) is -1.05. The van der Waals surface area contributed by atoms with Gasteiger partial charge in [-0.25, -0.2) is 13.4 Å². The number of aryl methyl sites for hydroxylation is 1. The van der Waals surface area contributed by atoms with Crippen LogP contribution >= 0.6 is 0 Å². The highest BCUT2D eigenvalue weighted by atomic mass is 32.2. The summed E-state index contributed by atoms with van der Waals surface area (Å²) in [6.07, 6.45) is 5.02. The molecule has 3 aliphatic rings. The van der Waals surface area contributed by atoms with Crippen molar-refractivity contribution < 1.29 is 13.2 Å². The van der Waals surface area contributed by atoms with Gasteiger partial charge in [-0.05, 0) is 0 Å². The first-order valence-electron chi connectivity index (χ1n) is 8.35.